The number of hydrogen-bond acceptors (Lipinski definition) is 4. The summed E-state index contributed by atoms with van der Waals surface area (Å²) in [6, 6.07) is 3.61. The average Bonchev–Trinajstić information content (AvgIpc) is 2.40. The van der Waals surface area contributed by atoms with Crippen LogP contribution in [-0.2, 0) is 9.53 Å². The molecule has 1 aromatic rings. The third kappa shape index (κ3) is 2.23. The van der Waals surface area contributed by atoms with Gasteiger partial charge >= 0.3 is 0 Å². The molecule has 1 N–H and O–H groups in total. The second-order valence-electron chi connectivity index (χ2n) is 3.50. The molecule has 0 aliphatic carbocycles. The zero-order valence-corrected chi connectivity index (χ0v) is 9.94. The molecule has 0 fully saturated rings. The van der Waals surface area contributed by atoms with Gasteiger partial charge in [0.25, 0.3) is 0 Å². The summed E-state index contributed by atoms with van der Waals surface area (Å²) in [7, 11) is 1.49. The number of aldehydes is 1. The number of nitrogens with one attached hydrogen (secondary N) is 1. The molecule has 1 aromatic heterocycles. The van der Waals surface area contributed by atoms with Gasteiger partial charge in [-0.05, 0) is 23.8 Å². The number of rotatable bonds is 3. The Kier molecular flexibility index (Phi) is 3.26. The molecule has 1 aliphatic rings. The van der Waals surface area contributed by atoms with Gasteiger partial charge in [0, 0.05) is 36.8 Å². The summed E-state index contributed by atoms with van der Waals surface area (Å²) >= 11 is 6.30. The van der Waals surface area contributed by atoms with E-state index in [-0.39, 0.29) is 0 Å². The lowest BCUT2D eigenvalue weighted by Crippen LogP contribution is -2.41. The molecule has 0 spiro atoms. The van der Waals surface area contributed by atoms with E-state index in [0.717, 1.165) is 11.8 Å². The third-order valence-corrected chi connectivity index (χ3v) is 2.96. The number of pyridine rings is 1. The number of dihydropyridines is 1. The number of ether oxygens (including phenoxy) is 1. The normalized spacial score (nSPS) is 23.4. The number of methoxy groups -OCH3 is 1. The molecule has 0 saturated heterocycles. The van der Waals surface area contributed by atoms with Gasteiger partial charge in [-0.3, -0.25) is 9.78 Å². The van der Waals surface area contributed by atoms with Gasteiger partial charge in [-0.15, -0.1) is 0 Å². The van der Waals surface area contributed by atoms with Crippen molar-refractivity contribution in [2.45, 2.75) is 5.18 Å². The molecule has 88 valence electrons. The lowest BCUT2D eigenvalue weighted by molar-refractivity contribution is -0.104. The fourth-order valence-electron chi connectivity index (χ4n) is 1.59. The summed E-state index contributed by atoms with van der Waals surface area (Å²) in [5.41, 5.74) is 2.02. The van der Waals surface area contributed by atoms with Crippen LogP contribution in [0.3, 0.4) is 0 Å². The fraction of sp³-hybridized carbons (Fsp3) is 0.167. The SMILES string of the molecule is COC1(Cl)NC=C(C=O)C=C1c1ccncc1. The average molecular weight is 251 g/mol. The van der Waals surface area contributed by atoms with Crippen LogP contribution in [0.1, 0.15) is 5.56 Å². The molecule has 2 rings (SSSR count). The Hall–Kier alpha value is -1.65. The first-order valence-corrected chi connectivity index (χ1v) is 5.37. The maximum atomic E-state index is 10.8. The van der Waals surface area contributed by atoms with Gasteiger partial charge in [-0.2, -0.15) is 0 Å². The minimum absolute atomic E-state index is 0.505. The Morgan fingerprint density at radius 3 is 2.76 bits per heavy atom. The summed E-state index contributed by atoms with van der Waals surface area (Å²) in [4.78, 5) is 14.7. The van der Waals surface area contributed by atoms with Gasteiger partial charge in [0.15, 0.2) is 6.29 Å². The predicted molar refractivity (Wildman–Crippen MR) is 65.1 cm³/mol. The monoisotopic (exact) mass is 250 g/mol. The molecule has 4 nitrogen and oxygen atoms in total. The van der Waals surface area contributed by atoms with Gasteiger partial charge in [0.05, 0.1) is 0 Å². The molecule has 1 atom stereocenters. The van der Waals surface area contributed by atoms with Crippen molar-refractivity contribution in [1.29, 1.82) is 0 Å². The van der Waals surface area contributed by atoms with Crippen molar-refractivity contribution >= 4 is 23.5 Å². The zero-order valence-electron chi connectivity index (χ0n) is 9.18. The Labute approximate surface area is 104 Å². The van der Waals surface area contributed by atoms with Crippen LogP contribution in [-0.4, -0.2) is 23.6 Å². The quantitative estimate of drug-likeness (QED) is 0.504. The lowest BCUT2D eigenvalue weighted by atomic mass is 10.0. The van der Waals surface area contributed by atoms with Crippen LogP contribution in [0.15, 0.2) is 42.4 Å². The van der Waals surface area contributed by atoms with Crippen molar-refractivity contribution in [3.63, 3.8) is 0 Å². The van der Waals surface area contributed by atoms with E-state index in [2.05, 4.69) is 10.3 Å². The van der Waals surface area contributed by atoms with E-state index >= 15 is 0 Å². The van der Waals surface area contributed by atoms with E-state index in [1.807, 2.05) is 0 Å². The lowest BCUT2D eigenvalue weighted by Gasteiger charge is -2.31. The van der Waals surface area contributed by atoms with Gasteiger partial charge in [-0.25, -0.2) is 0 Å². The van der Waals surface area contributed by atoms with E-state index in [4.69, 9.17) is 16.3 Å². The largest absolute Gasteiger partial charge is 0.347 e. The standard InChI is InChI=1S/C12H11ClN2O2/c1-17-12(13)11(6-9(8-16)7-15-12)10-2-4-14-5-3-10/h2-8,15H,1H3. The Morgan fingerprint density at radius 1 is 1.47 bits per heavy atom. The second-order valence-corrected chi connectivity index (χ2v) is 4.03. The summed E-state index contributed by atoms with van der Waals surface area (Å²) in [5, 5.41) is 1.70. The van der Waals surface area contributed by atoms with Crippen LogP contribution in [0.2, 0.25) is 0 Å². The topological polar surface area (TPSA) is 51.2 Å². The van der Waals surface area contributed by atoms with Crippen molar-refractivity contribution in [1.82, 2.24) is 10.3 Å². The first-order chi connectivity index (χ1) is 8.19. The number of nitrogens with zero attached hydrogens (tertiary/aromatic N) is 1. The molecule has 1 aliphatic heterocycles. The fourth-order valence-corrected chi connectivity index (χ4v) is 1.81. The first-order valence-electron chi connectivity index (χ1n) is 4.99. The molecule has 0 amide bonds. The van der Waals surface area contributed by atoms with Crippen LogP contribution in [0.25, 0.3) is 5.57 Å². The highest BCUT2D eigenvalue weighted by Crippen LogP contribution is 2.34. The van der Waals surface area contributed by atoms with Crippen molar-refractivity contribution in [3.05, 3.63) is 47.9 Å². The highest BCUT2D eigenvalue weighted by Gasteiger charge is 2.34. The number of alkyl halides is 1. The number of carbonyl (C=O) groups excluding carboxylic acids is 1. The van der Waals surface area contributed by atoms with Gasteiger partial charge in [-0.1, -0.05) is 11.6 Å². The highest BCUT2D eigenvalue weighted by atomic mass is 35.5. The van der Waals surface area contributed by atoms with Gasteiger partial charge < -0.3 is 10.1 Å². The van der Waals surface area contributed by atoms with Crippen LogP contribution >= 0.6 is 11.6 Å². The van der Waals surface area contributed by atoms with Crippen molar-refractivity contribution < 1.29 is 9.53 Å². The first kappa shape index (κ1) is 11.8. The summed E-state index contributed by atoms with van der Waals surface area (Å²) in [6.07, 6.45) is 7.27. The van der Waals surface area contributed by atoms with Crippen molar-refractivity contribution in [2.75, 3.05) is 7.11 Å². The number of allylic oxidation sites excluding steroid dienone is 2. The molecule has 17 heavy (non-hydrogen) atoms. The predicted octanol–water partition coefficient (Wildman–Crippen LogP) is 1.69. The summed E-state index contributed by atoms with van der Waals surface area (Å²) < 4.78 is 5.24. The van der Waals surface area contributed by atoms with E-state index < -0.39 is 5.18 Å². The van der Waals surface area contributed by atoms with Crippen LogP contribution in [0.4, 0.5) is 0 Å². The maximum absolute atomic E-state index is 10.8. The highest BCUT2D eigenvalue weighted by molar-refractivity contribution is 6.29. The molecule has 0 bridgehead atoms. The zero-order chi connectivity index (χ0) is 12.3. The van der Waals surface area contributed by atoms with Crippen molar-refractivity contribution in [2.24, 2.45) is 0 Å². The summed E-state index contributed by atoms with van der Waals surface area (Å²) in [5.74, 6) is 0. The van der Waals surface area contributed by atoms with E-state index in [0.29, 0.717) is 11.1 Å². The molecule has 0 saturated carbocycles. The smallest absolute Gasteiger partial charge is 0.244 e. The molecular formula is C12H11ClN2O2. The minimum Gasteiger partial charge on any atom is -0.347 e. The van der Waals surface area contributed by atoms with E-state index in [1.165, 1.54) is 13.3 Å². The maximum Gasteiger partial charge on any atom is 0.244 e. The van der Waals surface area contributed by atoms with Crippen LogP contribution in [0.5, 0.6) is 0 Å². The Morgan fingerprint density at radius 2 is 2.18 bits per heavy atom. The second kappa shape index (κ2) is 4.69. The number of hydrogen-bond donors (Lipinski definition) is 1. The van der Waals surface area contributed by atoms with E-state index in [9.17, 15) is 4.79 Å². The molecule has 1 unspecified atom stereocenters. The molecule has 0 radical (unpaired) electrons. The molecule has 2 heterocycles. The third-order valence-electron chi connectivity index (χ3n) is 2.49. The van der Waals surface area contributed by atoms with E-state index in [1.54, 1.807) is 30.6 Å². The molecule has 0 aromatic carbocycles. The number of aromatic nitrogens is 1. The van der Waals surface area contributed by atoms with Crippen LogP contribution < -0.4 is 5.32 Å². The number of halogens is 1. The Balaban J connectivity index is 2.49. The van der Waals surface area contributed by atoms with Gasteiger partial charge in [0.1, 0.15) is 0 Å². The summed E-state index contributed by atoms with van der Waals surface area (Å²) in [6.45, 7) is 0. The van der Waals surface area contributed by atoms with Gasteiger partial charge in [0.2, 0.25) is 5.18 Å². The molecular weight excluding hydrogens is 240 g/mol. The number of carbonyl (C=O) groups is 1. The van der Waals surface area contributed by atoms with Crippen LogP contribution in [0, 0.1) is 0 Å². The Bertz CT molecular complexity index is 485. The minimum atomic E-state index is -1.16. The molecule has 5 heteroatoms. The van der Waals surface area contributed by atoms with Crippen molar-refractivity contribution in [3.8, 4) is 0 Å².